The number of hydrogen-bond donors (Lipinski definition) is 3. The van der Waals surface area contributed by atoms with Crippen LogP contribution in [0.5, 0.6) is 0 Å². The Bertz CT molecular complexity index is 760. The van der Waals surface area contributed by atoms with E-state index in [0.29, 0.717) is 0 Å². The van der Waals surface area contributed by atoms with Crippen molar-refractivity contribution in [1.29, 1.82) is 0 Å². The van der Waals surface area contributed by atoms with Gasteiger partial charge in [0.1, 0.15) is 0 Å². The highest BCUT2D eigenvalue weighted by Crippen LogP contribution is 2.07. The van der Waals surface area contributed by atoms with E-state index in [9.17, 15) is 0 Å². The van der Waals surface area contributed by atoms with Gasteiger partial charge in [-0.3, -0.25) is 9.97 Å². The van der Waals surface area contributed by atoms with E-state index in [1.165, 1.54) is 37.7 Å². The van der Waals surface area contributed by atoms with Crippen LogP contribution in [-0.2, 0) is 0 Å². The molecule has 162 valence electrons. The van der Waals surface area contributed by atoms with Crippen molar-refractivity contribution in [2.45, 2.75) is 19.3 Å². The van der Waals surface area contributed by atoms with E-state index in [0.717, 1.165) is 5.52 Å². The predicted molar refractivity (Wildman–Crippen MR) is 128 cm³/mol. The van der Waals surface area contributed by atoms with Crippen molar-refractivity contribution in [3.05, 3.63) is 96.6 Å². The maximum atomic E-state index is 4.18. The van der Waals surface area contributed by atoms with Gasteiger partial charge >= 0.3 is 0 Å². The molecule has 0 unspecified atom stereocenters. The number of rotatable bonds is 0. The normalized spacial score (nSPS) is 11.7. The molecule has 7 nitrogen and oxygen atoms in total. The lowest BCUT2D eigenvalue weighted by atomic mass is 10.2. The van der Waals surface area contributed by atoms with Crippen LogP contribution in [0.3, 0.4) is 0 Å². The maximum absolute atomic E-state index is 4.18. The number of piperidine rings is 1. The second-order valence-electron chi connectivity index (χ2n) is 6.22. The van der Waals surface area contributed by atoms with Crippen LogP contribution in [0.4, 0.5) is 0 Å². The summed E-state index contributed by atoms with van der Waals surface area (Å²) in [4.78, 5) is 10.8. The standard InChI is InChI=1S/C9H7N.C5H11N.C4H5N.C3H3NS.C2H3N3/c1-2-6-9-8(4-1)5-3-7-10-9;1-2-4-6-5-3-1;1-2-4-5-3-1;1-2-5-3-4-1;1-2-4-5-3-1/h1-7H;6H,1-5H2;1-5H;1-3H;1-2H,(H,3,4,5). The van der Waals surface area contributed by atoms with Gasteiger partial charge in [0.15, 0.2) is 0 Å². The molecule has 0 atom stereocenters. The molecule has 0 spiro atoms. The first-order valence-electron chi connectivity index (χ1n) is 10.2. The molecule has 0 bridgehead atoms. The molecule has 0 amide bonds. The highest BCUT2D eigenvalue weighted by molar-refractivity contribution is 7.07. The number of benzene rings is 1. The van der Waals surface area contributed by atoms with Gasteiger partial charge in [0.05, 0.1) is 23.4 Å². The van der Waals surface area contributed by atoms with Gasteiger partial charge in [0.25, 0.3) is 0 Å². The Labute approximate surface area is 187 Å². The third-order valence-electron chi connectivity index (χ3n) is 3.89. The Morgan fingerprint density at radius 1 is 0.742 bits per heavy atom. The summed E-state index contributed by atoms with van der Waals surface area (Å²) in [6, 6.07) is 16.0. The van der Waals surface area contributed by atoms with E-state index in [1.807, 2.05) is 60.4 Å². The predicted octanol–water partition coefficient (Wildman–Crippen LogP) is 4.96. The molecule has 1 saturated heterocycles. The van der Waals surface area contributed by atoms with E-state index < -0.39 is 0 Å². The molecule has 6 rings (SSSR count). The molecule has 1 aliphatic heterocycles. The largest absolute Gasteiger partial charge is 0.368 e. The first-order chi connectivity index (χ1) is 15.5. The van der Waals surface area contributed by atoms with E-state index in [4.69, 9.17) is 0 Å². The molecule has 8 heteroatoms. The van der Waals surface area contributed by atoms with Crippen molar-refractivity contribution in [1.82, 2.24) is 35.7 Å². The molecule has 3 N–H and O–H groups in total. The van der Waals surface area contributed by atoms with Gasteiger partial charge in [-0.1, -0.05) is 30.7 Å². The third-order valence-corrected chi connectivity index (χ3v) is 4.42. The van der Waals surface area contributed by atoms with Crippen LogP contribution in [0.25, 0.3) is 10.9 Å². The number of hydrogen-bond acceptors (Lipinski definition) is 6. The molecular weight excluding hydrogens is 406 g/mol. The number of fused-ring (bicyclic) bond motifs is 1. The Hall–Kier alpha value is -3.36. The number of aromatic amines is 2. The smallest absolute Gasteiger partial charge is 0.0791 e. The van der Waals surface area contributed by atoms with Gasteiger partial charge in [-0.25, -0.2) is 0 Å². The lowest BCUT2D eigenvalue weighted by Gasteiger charge is -2.08. The second kappa shape index (κ2) is 17.5. The highest BCUT2D eigenvalue weighted by Gasteiger charge is 1.93. The summed E-state index contributed by atoms with van der Waals surface area (Å²) in [5.74, 6) is 0. The van der Waals surface area contributed by atoms with Gasteiger partial charge in [-0.05, 0) is 50.2 Å². The zero-order valence-corrected chi connectivity index (χ0v) is 18.3. The summed E-state index contributed by atoms with van der Waals surface area (Å²) < 4.78 is 0. The molecule has 0 radical (unpaired) electrons. The molecule has 0 saturated carbocycles. The summed E-state index contributed by atoms with van der Waals surface area (Å²) >= 11 is 1.60. The van der Waals surface area contributed by atoms with Crippen LogP contribution in [0.15, 0.2) is 96.6 Å². The number of nitrogens with zero attached hydrogens (tertiary/aromatic N) is 4. The van der Waals surface area contributed by atoms with Gasteiger partial charge in [-0.15, -0.1) is 11.3 Å². The van der Waals surface area contributed by atoms with E-state index in [1.54, 1.807) is 35.4 Å². The molecule has 1 aliphatic rings. The SMILES string of the molecule is C1CCNCC1.c1cc[nH]c1.c1ccc2ncccc2c1.c1cn[nH]n1.c1cscn1. The number of para-hydroxylation sites is 1. The fourth-order valence-corrected chi connectivity index (χ4v) is 2.79. The van der Waals surface area contributed by atoms with Gasteiger partial charge < -0.3 is 10.3 Å². The molecular formula is C23H29N7S. The topological polar surface area (TPSA) is 95.2 Å². The van der Waals surface area contributed by atoms with Crippen molar-refractivity contribution in [3.8, 4) is 0 Å². The van der Waals surface area contributed by atoms with Crippen molar-refractivity contribution < 1.29 is 0 Å². The average molecular weight is 436 g/mol. The summed E-state index contributed by atoms with van der Waals surface area (Å²) in [7, 11) is 0. The monoisotopic (exact) mass is 435 g/mol. The average Bonchev–Trinajstić information content (AvgIpc) is 3.68. The Balaban J connectivity index is 0.000000143. The summed E-state index contributed by atoms with van der Waals surface area (Å²) in [6.07, 6.45) is 14.7. The Kier molecular flexibility index (Phi) is 13.5. The first kappa shape index (κ1) is 23.9. The number of thiazole rings is 1. The van der Waals surface area contributed by atoms with Crippen LogP contribution in [0.2, 0.25) is 0 Å². The number of pyridine rings is 1. The molecule has 4 aromatic heterocycles. The molecule has 5 aromatic rings. The molecule has 5 heterocycles. The van der Waals surface area contributed by atoms with Crippen molar-refractivity contribution in [2.75, 3.05) is 13.1 Å². The van der Waals surface area contributed by atoms with Crippen LogP contribution in [-0.4, -0.2) is 43.5 Å². The molecule has 0 aliphatic carbocycles. The van der Waals surface area contributed by atoms with Crippen LogP contribution < -0.4 is 5.32 Å². The first-order valence-corrected chi connectivity index (χ1v) is 11.1. The third kappa shape index (κ3) is 12.7. The Morgan fingerprint density at radius 3 is 1.90 bits per heavy atom. The molecule has 1 fully saturated rings. The number of nitrogens with one attached hydrogen (secondary N) is 3. The lowest BCUT2D eigenvalue weighted by molar-refractivity contribution is 0.520. The summed E-state index contributed by atoms with van der Waals surface area (Å²) in [6.45, 7) is 2.50. The van der Waals surface area contributed by atoms with Crippen LogP contribution >= 0.6 is 11.3 Å². The van der Waals surface area contributed by atoms with Gasteiger partial charge in [-0.2, -0.15) is 15.4 Å². The van der Waals surface area contributed by atoms with Crippen LogP contribution in [0.1, 0.15) is 19.3 Å². The fraction of sp³-hybridized carbons (Fsp3) is 0.217. The minimum Gasteiger partial charge on any atom is -0.368 e. The number of aromatic nitrogens is 6. The molecule has 1 aromatic carbocycles. The van der Waals surface area contributed by atoms with Gasteiger partial charge in [0.2, 0.25) is 0 Å². The number of H-pyrrole nitrogens is 2. The molecule has 31 heavy (non-hydrogen) atoms. The highest BCUT2D eigenvalue weighted by atomic mass is 32.1. The van der Waals surface area contributed by atoms with E-state index >= 15 is 0 Å². The fourth-order valence-electron chi connectivity index (χ4n) is 2.44. The van der Waals surface area contributed by atoms with Crippen molar-refractivity contribution >= 4 is 22.2 Å². The maximum Gasteiger partial charge on any atom is 0.0791 e. The van der Waals surface area contributed by atoms with Crippen molar-refractivity contribution in [2.24, 2.45) is 0 Å². The summed E-state index contributed by atoms with van der Waals surface area (Å²) in [5, 5.41) is 15.7. The lowest BCUT2D eigenvalue weighted by Crippen LogP contribution is -2.21. The van der Waals surface area contributed by atoms with Crippen molar-refractivity contribution in [3.63, 3.8) is 0 Å². The minimum absolute atomic E-state index is 1.06. The van der Waals surface area contributed by atoms with E-state index in [2.05, 4.69) is 47.8 Å². The van der Waals surface area contributed by atoms with E-state index in [-0.39, 0.29) is 0 Å². The van der Waals surface area contributed by atoms with Crippen LogP contribution in [0, 0.1) is 0 Å². The quantitative estimate of drug-likeness (QED) is 0.320. The Morgan fingerprint density at radius 2 is 1.48 bits per heavy atom. The minimum atomic E-state index is 1.06. The summed E-state index contributed by atoms with van der Waals surface area (Å²) in [5.41, 5.74) is 2.85. The zero-order valence-electron chi connectivity index (χ0n) is 17.5. The van der Waals surface area contributed by atoms with Gasteiger partial charge in [0, 0.05) is 35.6 Å². The second-order valence-corrected chi connectivity index (χ2v) is 6.98. The zero-order chi connectivity index (χ0) is 21.7.